The highest BCUT2D eigenvalue weighted by Crippen LogP contribution is 2.31. The molecule has 1 rings (SSSR count). The van der Waals surface area contributed by atoms with Crippen LogP contribution in [0.1, 0.15) is 0 Å². The second-order valence-corrected chi connectivity index (χ2v) is 3.74. The maximum Gasteiger partial charge on any atom is 0.301 e. The van der Waals surface area contributed by atoms with Crippen LogP contribution in [0.25, 0.3) is 0 Å². The van der Waals surface area contributed by atoms with Crippen LogP contribution in [0.3, 0.4) is 0 Å². The van der Waals surface area contributed by atoms with Gasteiger partial charge in [-0.3, -0.25) is 4.55 Å². The van der Waals surface area contributed by atoms with Crippen LogP contribution in [0.15, 0.2) is 17.0 Å². The number of ether oxygens (including phenoxy) is 2. The van der Waals surface area contributed by atoms with Crippen molar-refractivity contribution in [1.29, 1.82) is 0 Å². The molecule has 0 fully saturated rings. The van der Waals surface area contributed by atoms with Gasteiger partial charge in [0.15, 0.2) is 10.6 Å². The lowest BCUT2D eigenvalue weighted by Gasteiger charge is -2.09. The lowest BCUT2D eigenvalue weighted by Crippen LogP contribution is -2.04. The largest absolute Gasteiger partial charge is 0.495 e. The van der Waals surface area contributed by atoms with Crippen LogP contribution in [0.5, 0.6) is 11.5 Å². The third-order valence-electron chi connectivity index (χ3n) is 1.56. The summed E-state index contributed by atoms with van der Waals surface area (Å²) in [5.74, 6) is -0.0602. The molecule has 1 N–H and O–H groups in total. The van der Waals surface area contributed by atoms with Crippen molar-refractivity contribution in [2.45, 2.75) is 4.90 Å². The predicted molar refractivity (Wildman–Crippen MR) is 48.2 cm³/mol. The highest BCUT2D eigenvalue weighted by molar-refractivity contribution is 7.86. The molecule has 0 saturated carbocycles. The fourth-order valence-corrected chi connectivity index (χ4v) is 1.78. The molecule has 1 aromatic carbocycles. The van der Waals surface area contributed by atoms with Crippen molar-refractivity contribution >= 4 is 10.1 Å². The van der Waals surface area contributed by atoms with Crippen LogP contribution in [0, 0.1) is 6.07 Å². The maximum absolute atomic E-state index is 11.0. The number of rotatable bonds is 3. The molecule has 1 radical (unpaired) electrons. The molecule has 0 spiro atoms. The second-order valence-electron chi connectivity index (χ2n) is 2.38. The average molecular weight is 217 g/mol. The number of benzene rings is 1. The standard InChI is InChI=1S/C8H9O5S/c1-12-6-4-3-5-7(13-2)8(6)14(9,10)11/h3-4H,1-2H3,(H,9,10,11). The molecule has 0 bridgehead atoms. The van der Waals surface area contributed by atoms with Crippen molar-refractivity contribution < 1.29 is 22.4 Å². The molecule has 5 nitrogen and oxygen atoms in total. The van der Waals surface area contributed by atoms with Gasteiger partial charge in [0.1, 0.15) is 5.75 Å². The molecule has 0 amide bonds. The lowest BCUT2D eigenvalue weighted by molar-refractivity contribution is 0.367. The fourth-order valence-electron chi connectivity index (χ4n) is 1.00. The molecule has 0 atom stereocenters. The van der Waals surface area contributed by atoms with Gasteiger partial charge in [-0.05, 0) is 12.1 Å². The molecule has 0 saturated heterocycles. The van der Waals surface area contributed by atoms with Crippen LogP contribution < -0.4 is 9.47 Å². The Morgan fingerprint density at radius 3 is 2.43 bits per heavy atom. The molecule has 1 aromatic rings. The van der Waals surface area contributed by atoms with Gasteiger partial charge in [-0.25, -0.2) is 0 Å². The maximum atomic E-state index is 11.0. The third-order valence-corrected chi connectivity index (χ3v) is 2.46. The van der Waals surface area contributed by atoms with Crippen molar-refractivity contribution in [1.82, 2.24) is 0 Å². The van der Waals surface area contributed by atoms with E-state index >= 15 is 0 Å². The molecule has 0 aliphatic rings. The SMILES string of the molecule is COc1[c]ccc(OC)c1S(=O)(=O)O. The van der Waals surface area contributed by atoms with Gasteiger partial charge in [0.05, 0.1) is 14.2 Å². The van der Waals surface area contributed by atoms with Gasteiger partial charge in [0, 0.05) is 6.07 Å². The molecule has 0 aromatic heterocycles. The van der Waals surface area contributed by atoms with E-state index in [1.165, 1.54) is 26.4 Å². The van der Waals surface area contributed by atoms with Gasteiger partial charge in [-0.15, -0.1) is 0 Å². The second kappa shape index (κ2) is 3.85. The zero-order chi connectivity index (χ0) is 10.8. The Balaban J connectivity index is 3.50. The summed E-state index contributed by atoms with van der Waals surface area (Å²) < 4.78 is 40.4. The average Bonchev–Trinajstić information content (AvgIpc) is 2.15. The van der Waals surface area contributed by atoms with Crippen LogP contribution in [0.2, 0.25) is 0 Å². The minimum Gasteiger partial charge on any atom is -0.495 e. The summed E-state index contributed by atoms with van der Waals surface area (Å²) in [5, 5.41) is 0. The normalized spacial score (nSPS) is 11.1. The van der Waals surface area contributed by atoms with E-state index in [4.69, 9.17) is 14.0 Å². The van der Waals surface area contributed by atoms with Gasteiger partial charge in [0.25, 0.3) is 0 Å². The van der Waals surface area contributed by atoms with Gasteiger partial charge in [-0.2, -0.15) is 8.42 Å². The van der Waals surface area contributed by atoms with E-state index in [0.717, 1.165) is 0 Å². The van der Waals surface area contributed by atoms with E-state index in [9.17, 15) is 8.42 Å². The Bertz CT molecular complexity index is 401. The Morgan fingerprint density at radius 1 is 1.36 bits per heavy atom. The zero-order valence-corrected chi connectivity index (χ0v) is 8.46. The van der Waals surface area contributed by atoms with Crippen LogP contribution >= 0.6 is 0 Å². The minimum absolute atomic E-state index is 0.0168. The summed E-state index contributed by atoms with van der Waals surface area (Å²) in [5.41, 5.74) is 0. The smallest absolute Gasteiger partial charge is 0.301 e. The van der Waals surface area contributed by atoms with E-state index in [-0.39, 0.29) is 11.5 Å². The van der Waals surface area contributed by atoms with Crippen LogP contribution in [-0.4, -0.2) is 27.2 Å². The minimum atomic E-state index is -4.37. The number of hydrogen-bond donors (Lipinski definition) is 1. The van der Waals surface area contributed by atoms with Gasteiger partial charge in [0.2, 0.25) is 0 Å². The van der Waals surface area contributed by atoms with Gasteiger partial charge >= 0.3 is 10.1 Å². The van der Waals surface area contributed by atoms with Crippen molar-refractivity contribution in [3.8, 4) is 11.5 Å². The first-order chi connectivity index (χ1) is 6.50. The summed E-state index contributed by atoms with van der Waals surface area (Å²) in [4.78, 5) is -0.412. The molecular formula is C8H9O5S. The summed E-state index contributed by atoms with van der Waals surface area (Å²) in [7, 11) is -1.80. The van der Waals surface area contributed by atoms with Crippen molar-refractivity contribution in [3.63, 3.8) is 0 Å². The summed E-state index contributed by atoms with van der Waals surface area (Å²) in [6.45, 7) is 0. The Kier molecular flexibility index (Phi) is 2.97. The Labute approximate surface area is 82.0 Å². The molecule has 0 heterocycles. The highest BCUT2D eigenvalue weighted by Gasteiger charge is 2.22. The lowest BCUT2D eigenvalue weighted by atomic mass is 10.3. The molecule has 0 aliphatic heterocycles. The highest BCUT2D eigenvalue weighted by atomic mass is 32.2. The number of methoxy groups -OCH3 is 2. The quantitative estimate of drug-likeness (QED) is 0.756. The molecule has 14 heavy (non-hydrogen) atoms. The van der Waals surface area contributed by atoms with Crippen molar-refractivity contribution in [2.24, 2.45) is 0 Å². The first kappa shape index (κ1) is 10.8. The zero-order valence-electron chi connectivity index (χ0n) is 7.64. The molecule has 77 valence electrons. The molecule has 6 heteroatoms. The first-order valence-corrected chi connectivity index (χ1v) is 5.05. The van der Waals surface area contributed by atoms with Crippen LogP contribution in [0.4, 0.5) is 0 Å². The third kappa shape index (κ3) is 1.97. The van der Waals surface area contributed by atoms with Gasteiger partial charge < -0.3 is 9.47 Å². The van der Waals surface area contributed by atoms with Crippen molar-refractivity contribution in [2.75, 3.05) is 14.2 Å². The van der Waals surface area contributed by atoms with E-state index in [1.54, 1.807) is 0 Å². The monoisotopic (exact) mass is 217 g/mol. The fraction of sp³-hybridized carbons (Fsp3) is 0.250. The summed E-state index contributed by atoms with van der Waals surface area (Å²) in [6, 6.07) is 5.33. The first-order valence-electron chi connectivity index (χ1n) is 3.61. The van der Waals surface area contributed by atoms with E-state index in [2.05, 4.69) is 6.07 Å². The van der Waals surface area contributed by atoms with E-state index < -0.39 is 15.0 Å². The Hall–Kier alpha value is -1.27. The summed E-state index contributed by atoms with van der Waals surface area (Å²) in [6.07, 6.45) is 0. The van der Waals surface area contributed by atoms with E-state index in [0.29, 0.717) is 0 Å². The van der Waals surface area contributed by atoms with Crippen molar-refractivity contribution in [3.05, 3.63) is 18.2 Å². The Morgan fingerprint density at radius 2 is 2.00 bits per heavy atom. The van der Waals surface area contributed by atoms with E-state index in [1.807, 2.05) is 0 Å². The molecular weight excluding hydrogens is 208 g/mol. The summed E-state index contributed by atoms with van der Waals surface area (Å²) >= 11 is 0. The number of hydrogen-bond acceptors (Lipinski definition) is 4. The van der Waals surface area contributed by atoms with Crippen LogP contribution in [-0.2, 0) is 10.1 Å². The predicted octanol–water partition coefficient (Wildman–Crippen LogP) is 0.751. The van der Waals surface area contributed by atoms with Gasteiger partial charge in [-0.1, -0.05) is 0 Å². The molecule has 0 aliphatic carbocycles. The topological polar surface area (TPSA) is 72.8 Å². The molecule has 0 unspecified atom stereocenters.